The minimum atomic E-state index is -1.02. The first-order chi connectivity index (χ1) is 13.8. The van der Waals surface area contributed by atoms with Crippen molar-refractivity contribution in [2.24, 2.45) is 5.92 Å². The maximum absolute atomic E-state index is 13.3. The standard InChI is InChI=1S/C21H35N5O3/c1-6-8-10-22-18(27)16-17-19(28)26(12-7-2)21(5,13-25(17)14-24-16)20(29)23-11-9-15(3)4/h14-15H,6-13H2,1-5H3,(H,22,27)(H,23,29). The lowest BCUT2D eigenvalue weighted by Gasteiger charge is -2.43. The average molecular weight is 406 g/mol. The van der Waals surface area contributed by atoms with Crippen LogP contribution in [0.2, 0.25) is 0 Å². The maximum Gasteiger partial charge on any atom is 0.273 e. The molecular weight excluding hydrogens is 370 g/mol. The van der Waals surface area contributed by atoms with Gasteiger partial charge < -0.3 is 20.1 Å². The number of imidazole rings is 1. The Kier molecular flexibility index (Phi) is 7.81. The predicted molar refractivity (Wildman–Crippen MR) is 112 cm³/mol. The lowest BCUT2D eigenvalue weighted by atomic mass is 9.93. The summed E-state index contributed by atoms with van der Waals surface area (Å²) in [5.41, 5.74) is -0.623. The highest BCUT2D eigenvalue weighted by Gasteiger charge is 2.48. The summed E-state index contributed by atoms with van der Waals surface area (Å²) in [7, 11) is 0. The second-order valence-electron chi connectivity index (χ2n) is 8.35. The van der Waals surface area contributed by atoms with Crippen molar-refractivity contribution in [2.45, 2.75) is 72.4 Å². The third-order valence-electron chi connectivity index (χ3n) is 5.33. The Morgan fingerprint density at radius 1 is 1.21 bits per heavy atom. The fourth-order valence-corrected chi connectivity index (χ4v) is 3.56. The molecule has 0 aliphatic carbocycles. The van der Waals surface area contributed by atoms with Crippen molar-refractivity contribution in [3.8, 4) is 0 Å². The monoisotopic (exact) mass is 405 g/mol. The van der Waals surface area contributed by atoms with Gasteiger partial charge in [0.15, 0.2) is 5.69 Å². The van der Waals surface area contributed by atoms with Crippen molar-refractivity contribution in [1.82, 2.24) is 25.1 Å². The smallest absolute Gasteiger partial charge is 0.273 e. The quantitative estimate of drug-likeness (QED) is 0.583. The minimum Gasteiger partial charge on any atom is -0.354 e. The maximum atomic E-state index is 13.3. The van der Waals surface area contributed by atoms with Gasteiger partial charge in [-0.05, 0) is 32.1 Å². The van der Waals surface area contributed by atoms with Gasteiger partial charge in [-0.15, -0.1) is 0 Å². The van der Waals surface area contributed by atoms with E-state index in [-0.39, 0.29) is 35.7 Å². The van der Waals surface area contributed by atoms with Crippen LogP contribution in [0.4, 0.5) is 0 Å². The largest absolute Gasteiger partial charge is 0.354 e. The molecule has 162 valence electrons. The zero-order valence-corrected chi connectivity index (χ0v) is 18.4. The number of unbranched alkanes of at least 4 members (excludes halogenated alkanes) is 1. The molecule has 0 saturated carbocycles. The molecule has 2 rings (SSSR count). The molecule has 0 saturated heterocycles. The van der Waals surface area contributed by atoms with Crippen molar-refractivity contribution in [3.63, 3.8) is 0 Å². The molecule has 1 aliphatic heterocycles. The Bertz CT molecular complexity index is 743. The third-order valence-corrected chi connectivity index (χ3v) is 5.33. The topological polar surface area (TPSA) is 96.3 Å². The number of hydrogen-bond donors (Lipinski definition) is 2. The molecule has 2 N–H and O–H groups in total. The zero-order valence-electron chi connectivity index (χ0n) is 18.4. The Labute approximate surface area is 173 Å². The number of carbonyl (C=O) groups is 3. The third kappa shape index (κ3) is 4.97. The molecule has 1 aromatic rings. The van der Waals surface area contributed by atoms with Crippen LogP contribution in [-0.4, -0.2) is 57.3 Å². The van der Waals surface area contributed by atoms with Crippen LogP contribution in [0.1, 0.15) is 81.3 Å². The Morgan fingerprint density at radius 3 is 2.55 bits per heavy atom. The summed E-state index contributed by atoms with van der Waals surface area (Å²) in [6, 6.07) is 0. The molecule has 1 aliphatic rings. The van der Waals surface area contributed by atoms with Gasteiger partial charge in [0.05, 0.1) is 12.9 Å². The summed E-state index contributed by atoms with van der Waals surface area (Å²) in [4.78, 5) is 44.7. The minimum absolute atomic E-state index is 0.134. The number of aromatic nitrogens is 2. The Hall–Kier alpha value is -2.38. The first-order valence-electron chi connectivity index (χ1n) is 10.7. The predicted octanol–water partition coefficient (Wildman–Crippen LogP) is 2.20. The van der Waals surface area contributed by atoms with E-state index >= 15 is 0 Å². The Morgan fingerprint density at radius 2 is 1.93 bits per heavy atom. The number of carbonyl (C=O) groups excluding carboxylic acids is 3. The van der Waals surface area contributed by atoms with Gasteiger partial charge in [0.1, 0.15) is 11.2 Å². The molecule has 1 atom stereocenters. The number of nitrogens with zero attached hydrogens (tertiary/aromatic N) is 3. The lowest BCUT2D eigenvalue weighted by Crippen LogP contribution is -2.64. The van der Waals surface area contributed by atoms with Crippen LogP contribution < -0.4 is 10.6 Å². The number of amides is 3. The lowest BCUT2D eigenvalue weighted by molar-refractivity contribution is -0.132. The van der Waals surface area contributed by atoms with Gasteiger partial charge >= 0.3 is 0 Å². The molecule has 0 bridgehead atoms. The van der Waals surface area contributed by atoms with E-state index in [4.69, 9.17) is 0 Å². The molecule has 0 aromatic carbocycles. The van der Waals surface area contributed by atoms with Gasteiger partial charge in [-0.25, -0.2) is 4.98 Å². The van der Waals surface area contributed by atoms with E-state index in [9.17, 15) is 14.4 Å². The SMILES string of the molecule is CCCCNC(=O)c1ncn2c1C(=O)N(CCC)C(C)(C(=O)NCCC(C)C)C2. The van der Waals surface area contributed by atoms with Crippen molar-refractivity contribution in [2.75, 3.05) is 19.6 Å². The van der Waals surface area contributed by atoms with Crippen LogP contribution in [0, 0.1) is 5.92 Å². The molecule has 0 radical (unpaired) electrons. The molecule has 29 heavy (non-hydrogen) atoms. The van der Waals surface area contributed by atoms with Crippen LogP contribution in [0.25, 0.3) is 0 Å². The second-order valence-corrected chi connectivity index (χ2v) is 8.35. The summed E-state index contributed by atoms with van der Waals surface area (Å²) >= 11 is 0. The molecule has 8 nitrogen and oxygen atoms in total. The summed E-state index contributed by atoms with van der Waals surface area (Å²) in [5.74, 6) is -0.357. The molecule has 0 spiro atoms. The summed E-state index contributed by atoms with van der Waals surface area (Å²) in [6.07, 6.45) is 4.92. The van der Waals surface area contributed by atoms with E-state index in [1.807, 2.05) is 13.8 Å². The van der Waals surface area contributed by atoms with Gasteiger partial charge in [0.25, 0.3) is 11.8 Å². The second kappa shape index (κ2) is 9.89. The van der Waals surface area contributed by atoms with Crippen LogP contribution in [0.5, 0.6) is 0 Å². The van der Waals surface area contributed by atoms with Crippen molar-refractivity contribution >= 4 is 17.7 Å². The van der Waals surface area contributed by atoms with Gasteiger partial charge in [-0.3, -0.25) is 14.4 Å². The van der Waals surface area contributed by atoms with Crippen LogP contribution in [-0.2, 0) is 11.3 Å². The highest BCUT2D eigenvalue weighted by molar-refractivity contribution is 6.07. The number of nitrogens with one attached hydrogen (secondary N) is 2. The van der Waals surface area contributed by atoms with E-state index in [1.165, 1.54) is 6.33 Å². The van der Waals surface area contributed by atoms with Crippen LogP contribution >= 0.6 is 0 Å². The van der Waals surface area contributed by atoms with Crippen molar-refractivity contribution in [3.05, 3.63) is 17.7 Å². The van der Waals surface area contributed by atoms with E-state index in [0.29, 0.717) is 32.0 Å². The van der Waals surface area contributed by atoms with Gasteiger partial charge in [-0.2, -0.15) is 0 Å². The normalized spacial score (nSPS) is 18.7. The van der Waals surface area contributed by atoms with E-state index in [0.717, 1.165) is 19.3 Å². The fourth-order valence-electron chi connectivity index (χ4n) is 3.56. The van der Waals surface area contributed by atoms with Crippen molar-refractivity contribution < 1.29 is 14.4 Å². The average Bonchev–Trinajstić information content (AvgIpc) is 3.08. The molecule has 1 unspecified atom stereocenters. The molecular formula is C21H35N5O3. The van der Waals surface area contributed by atoms with Gasteiger partial charge in [-0.1, -0.05) is 34.1 Å². The molecule has 0 fully saturated rings. The molecule has 2 heterocycles. The summed E-state index contributed by atoms with van der Waals surface area (Å²) in [5, 5.41) is 5.80. The highest BCUT2D eigenvalue weighted by atomic mass is 16.2. The van der Waals surface area contributed by atoms with E-state index in [1.54, 1.807) is 16.4 Å². The Balaban J connectivity index is 2.28. The summed E-state index contributed by atoms with van der Waals surface area (Å²) in [6.45, 7) is 11.8. The first-order valence-corrected chi connectivity index (χ1v) is 10.7. The molecule has 1 aromatic heterocycles. The molecule has 3 amide bonds. The van der Waals surface area contributed by atoms with Gasteiger partial charge in [0, 0.05) is 19.6 Å². The number of hydrogen-bond acceptors (Lipinski definition) is 4. The summed E-state index contributed by atoms with van der Waals surface area (Å²) < 4.78 is 1.64. The molecule has 8 heteroatoms. The van der Waals surface area contributed by atoms with Crippen LogP contribution in [0.3, 0.4) is 0 Å². The van der Waals surface area contributed by atoms with Crippen molar-refractivity contribution in [1.29, 1.82) is 0 Å². The van der Waals surface area contributed by atoms with E-state index in [2.05, 4.69) is 29.5 Å². The number of fused-ring (bicyclic) bond motifs is 1. The number of rotatable bonds is 10. The highest BCUT2D eigenvalue weighted by Crippen LogP contribution is 2.29. The van der Waals surface area contributed by atoms with Gasteiger partial charge in [0.2, 0.25) is 5.91 Å². The first kappa shape index (κ1) is 22.9. The van der Waals surface area contributed by atoms with E-state index < -0.39 is 5.54 Å². The zero-order chi connectivity index (χ0) is 21.6. The fraction of sp³-hybridized carbons (Fsp3) is 0.714. The van der Waals surface area contributed by atoms with Crippen LogP contribution in [0.15, 0.2) is 6.33 Å².